The maximum absolute atomic E-state index is 13.9. The predicted octanol–water partition coefficient (Wildman–Crippen LogP) is 1.11. The third-order valence-electron chi connectivity index (χ3n) is 2.78. The highest BCUT2D eigenvalue weighted by atomic mass is 19.1. The molecule has 0 radical (unpaired) electrons. The zero-order chi connectivity index (χ0) is 13.1. The van der Waals surface area contributed by atoms with Gasteiger partial charge in [-0.1, -0.05) is 0 Å². The zero-order valence-electron chi connectivity index (χ0n) is 9.69. The minimum atomic E-state index is -1.18. The predicted molar refractivity (Wildman–Crippen MR) is 61.4 cm³/mol. The number of ether oxygens (including phenoxy) is 2. The van der Waals surface area contributed by atoms with Gasteiger partial charge >= 0.3 is 5.97 Å². The number of benzene rings is 1. The fourth-order valence-electron chi connectivity index (χ4n) is 1.90. The molecule has 0 saturated carbocycles. The molecule has 2 rings (SSSR count). The van der Waals surface area contributed by atoms with E-state index in [0.717, 1.165) is 0 Å². The highest BCUT2D eigenvalue weighted by Crippen LogP contribution is 2.39. The highest BCUT2D eigenvalue weighted by molar-refractivity contribution is 5.78. The number of nitrogens with two attached hydrogens (primary N) is 1. The first-order chi connectivity index (χ1) is 8.65. The summed E-state index contributed by atoms with van der Waals surface area (Å²) in [5.74, 6) is -2.44. The molecule has 1 heterocycles. The van der Waals surface area contributed by atoms with Crippen molar-refractivity contribution in [3.63, 3.8) is 0 Å². The average molecular weight is 255 g/mol. The Balaban J connectivity index is 2.53. The third kappa shape index (κ3) is 2.24. The van der Waals surface area contributed by atoms with Crippen LogP contribution >= 0.6 is 0 Å². The molecule has 0 amide bonds. The second kappa shape index (κ2) is 5.22. The number of aliphatic carboxylic acids is 1. The van der Waals surface area contributed by atoms with Crippen molar-refractivity contribution in [2.24, 2.45) is 5.73 Å². The van der Waals surface area contributed by atoms with Crippen molar-refractivity contribution in [2.45, 2.75) is 12.3 Å². The molecular weight excluding hydrogens is 241 g/mol. The second-order valence-electron chi connectivity index (χ2n) is 3.97. The molecule has 0 fully saturated rings. The van der Waals surface area contributed by atoms with Crippen LogP contribution in [0.3, 0.4) is 0 Å². The lowest BCUT2D eigenvalue weighted by Crippen LogP contribution is -2.23. The van der Waals surface area contributed by atoms with Crippen molar-refractivity contribution in [1.29, 1.82) is 0 Å². The summed E-state index contributed by atoms with van der Waals surface area (Å²) in [6.07, 6.45) is 0.663. The van der Waals surface area contributed by atoms with Gasteiger partial charge < -0.3 is 20.3 Å². The van der Waals surface area contributed by atoms with Gasteiger partial charge in [0, 0.05) is 18.5 Å². The van der Waals surface area contributed by atoms with Crippen LogP contribution in [0, 0.1) is 5.82 Å². The third-order valence-corrected chi connectivity index (χ3v) is 2.78. The SMILES string of the molecule is NCC(C(=O)O)c1c(F)ccc2c1OCCCO2. The van der Waals surface area contributed by atoms with Crippen LogP contribution < -0.4 is 15.2 Å². The Morgan fingerprint density at radius 1 is 1.44 bits per heavy atom. The number of fused-ring (bicyclic) bond motifs is 1. The molecule has 18 heavy (non-hydrogen) atoms. The molecule has 1 aliphatic rings. The van der Waals surface area contributed by atoms with E-state index in [1.807, 2.05) is 0 Å². The highest BCUT2D eigenvalue weighted by Gasteiger charge is 2.29. The van der Waals surface area contributed by atoms with Gasteiger partial charge in [0.1, 0.15) is 11.7 Å². The van der Waals surface area contributed by atoms with E-state index in [9.17, 15) is 9.18 Å². The molecule has 6 heteroatoms. The lowest BCUT2D eigenvalue weighted by Gasteiger charge is -2.17. The normalized spacial score (nSPS) is 15.9. The van der Waals surface area contributed by atoms with Gasteiger partial charge in [0.05, 0.1) is 13.2 Å². The zero-order valence-corrected chi connectivity index (χ0v) is 9.69. The van der Waals surface area contributed by atoms with Crippen molar-refractivity contribution >= 4 is 5.97 Å². The quantitative estimate of drug-likeness (QED) is 0.845. The summed E-state index contributed by atoms with van der Waals surface area (Å²) >= 11 is 0. The van der Waals surface area contributed by atoms with Gasteiger partial charge in [-0.05, 0) is 12.1 Å². The summed E-state index contributed by atoms with van der Waals surface area (Å²) in [5, 5.41) is 9.08. The summed E-state index contributed by atoms with van der Waals surface area (Å²) in [4.78, 5) is 11.1. The van der Waals surface area contributed by atoms with Crippen molar-refractivity contribution in [3.8, 4) is 11.5 Å². The Hall–Kier alpha value is -1.82. The molecule has 0 saturated heterocycles. The Labute approximate surface area is 103 Å². The number of hydrogen-bond donors (Lipinski definition) is 2. The monoisotopic (exact) mass is 255 g/mol. The van der Waals surface area contributed by atoms with Crippen LogP contribution in [0.15, 0.2) is 12.1 Å². The minimum Gasteiger partial charge on any atom is -0.490 e. The van der Waals surface area contributed by atoms with Gasteiger partial charge in [0.15, 0.2) is 11.5 Å². The largest absolute Gasteiger partial charge is 0.490 e. The number of hydrogen-bond acceptors (Lipinski definition) is 4. The summed E-state index contributed by atoms with van der Waals surface area (Å²) in [5.41, 5.74) is 5.37. The molecule has 0 aliphatic carbocycles. The molecule has 1 aromatic carbocycles. The number of carboxylic acids is 1. The van der Waals surface area contributed by atoms with E-state index in [2.05, 4.69) is 0 Å². The van der Waals surface area contributed by atoms with Crippen molar-refractivity contribution < 1.29 is 23.8 Å². The van der Waals surface area contributed by atoms with Crippen molar-refractivity contribution in [1.82, 2.24) is 0 Å². The van der Waals surface area contributed by atoms with Crippen molar-refractivity contribution in [3.05, 3.63) is 23.5 Å². The van der Waals surface area contributed by atoms with Crippen LogP contribution in [0.5, 0.6) is 11.5 Å². The van der Waals surface area contributed by atoms with E-state index >= 15 is 0 Å². The first-order valence-electron chi connectivity index (χ1n) is 5.66. The fraction of sp³-hybridized carbons (Fsp3) is 0.417. The molecule has 1 aromatic rings. The van der Waals surface area contributed by atoms with Crippen LogP contribution in [0.2, 0.25) is 0 Å². The average Bonchev–Trinajstić information content (AvgIpc) is 2.57. The van der Waals surface area contributed by atoms with Crippen LogP contribution in [-0.2, 0) is 4.79 Å². The molecule has 1 aliphatic heterocycles. The maximum Gasteiger partial charge on any atom is 0.312 e. The van der Waals surface area contributed by atoms with Crippen LogP contribution in [0.1, 0.15) is 17.9 Å². The molecule has 98 valence electrons. The smallest absolute Gasteiger partial charge is 0.312 e. The molecular formula is C12H14FNO4. The Morgan fingerprint density at radius 3 is 2.83 bits per heavy atom. The van der Waals surface area contributed by atoms with E-state index in [-0.39, 0.29) is 17.9 Å². The molecule has 0 aromatic heterocycles. The standard InChI is InChI=1S/C12H14FNO4/c13-8-2-3-9-11(18-5-1-4-17-9)10(8)7(6-14)12(15)16/h2-3,7H,1,4-6,14H2,(H,15,16). The topological polar surface area (TPSA) is 81.8 Å². The molecule has 0 bridgehead atoms. The summed E-state index contributed by atoms with van der Waals surface area (Å²) in [6, 6.07) is 2.61. The number of rotatable bonds is 3. The van der Waals surface area contributed by atoms with E-state index in [0.29, 0.717) is 25.4 Å². The van der Waals surface area contributed by atoms with Gasteiger partial charge in [-0.15, -0.1) is 0 Å². The maximum atomic E-state index is 13.9. The number of halogens is 1. The van der Waals surface area contributed by atoms with Gasteiger partial charge in [0.25, 0.3) is 0 Å². The van der Waals surface area contributed by atoms with Crippen LogP contribution in [0.4, 0.5) is 4.39 Å². The molecule has 0 spiro atoms. The van der Waals surface area contributed by atoms with Crippen molar-refractivity contribution in [2.75, 3.05) is 19.8 Å². The molecule has 5 nitrogen and oxygen atoms in total. The second-order valence-corrected chi connectivity index (χ2v) is 3.97. The summed E-state index contributed by atoms with van der Waals surface area (Å²) in [7, 11) is 0. The van der Waals surface area contributed by atoms with E-state index in [1.54, 1.807) is 0 Å². The van der Waals surface area contributed by atoms with Gasteiger partial charge in [-0.3, -0.25) is 4.79 Å². The lowest BCUT2D eigenvalue weighted by atomic mass is 9.97. The first kappa shape index (κ1) is 12.6. The van der Waals surface area contributed by atoms with Crippen LogP contribution in [-0.4, -0.2) is 30.8 Å². The van der Waals surface area contributed by atoms with Gasteiger partial charge in [-0.25, -0.2) is 4.39 Å². The molecule has 1 atom stereocenters. The van der Waals surface area contributed by atoms with Crippen LogP contribution in [0.25, 0.3) is 0 Å². The van der Waals surface area contributed by atoms with Gasteiger partial charge in [-0.2, -0.15) is 0 Å². The van der Waals surface area contributed by atoms with E-state index in [1.165, 1.54) is 12.1 Å². The fourth-order valence-corrected chi connectivity index (χ4v) is 1.90. The Bertz CT molecular complexity index is 464. The van der Waals surface area contributed by atoms with Gasteiger partial charge in [0.2, 0.25) is 0 Å². The first-order valence-corrected chi connectivity index (χ1v) is 5.66. The number of carboxylic acid groups (broad SMARTS) is 1. The minimum absolute atomic E-state index is 0.0376. The number of carbonyl (C=O) groups is 1. The lowest BCUT2D eigenvalue weighted by molar-refractivity contribution is -0.138. The van der Waals surface area contributed by atoms with E-state index in [4.69, 9.17) is 20.3 Å². The van der Waals surface area contributed by atoms with E-state index < -0.39 is 17.7 Å². The summed E-state index contributed by atoms with van der Waals surface area (Å²) < 4.78 is 24.7. The summed E-state index contributed by atoms with van der Waals surface area (Å²) in [6.45, 7) is 0.616. The Kier molecular flexibility index (Phi) is 3.66. The molecule has 1 unspecified atom stereocenters. The molecule has 3 N–H and O–H groups in total. The Morgan fingerprint density at radius 2 is 2.17 bits per heavy atom.